The van der Waals surface area contributed by atoms with Gasteiger partial charge in [-0.2, -0.15) is 4.98 Å². The summed E-state index contributed by atoms with van der Waals surface area (Å²) in [5.41, 5.74) is 2.23. The Kier molecular flexibility index (Phi) is 3.57. The lowest BCUT2D eigenvalue weighted by atomic mass is 10.1. The Balaban J connectivity index is 1.88. The second kappa shape index (κ2) is 5.50. The second-order valence-corrected chi connectivity index (χ2v) is 4.55. The summed E-state index contributed by atoms with van der Waals surface area (Å²) in [6.07, 6.45) is 0.943. The van der Waals surface area contributed by atoms with Crippen LogP contribution in [0.3, 0.4) is 0 Å². The average Bonchev–Trinajstić information content (AvgIpc) is 2.98. The van der Waals surface area contributed by atoms with Crippen molar-refractivity contribution in [2.24, 2.45) is 0 Å². The highest BCUT2D eigenvalue weighted by Gasteiger charge is 2.21. The highest BCUT2D eigenvalue weighted by molar-refractivity contribution is 5.58. The van der Waals surface area contributed by atoms with Gasteiger partial charge in [0.2, 0.25) is 0 Å². The standard InChI is InChI=1S/C14H17N3O2/c1-2-10-5-3-4-6-11(10)14-16-13(17-19-14)12-9-18-8-7-15-12/h3-6,12,15H,2,7-9H2,1H3. The summed E-state index contributed by atoms with van der Waals surface area (Å²) in [7, 11) is 0. The van der Waals surface area contributed by atoms with Gasteiger partial charge < -0.3 is 14.6 Å². The Morgan fingerprint density at radius 1 is 1.37 bits per heavy atom. The number of hydrogen-bond acceptors (Lipinski definition) is 5. The summed E-state index contributed by atoms with van der Waals surface area (Å²) in [6.45, 7) is 4.26. The zero-order valence-corrected chi connectivity index (χ0v) is 10.9. The lowest BCUT2D eigenvalue weighted by molar-refractivity contribution is 0.0734. The van der Waals surface area contributed by atoms with Crippen molar-refractivity contribution in [3.8, 4) is 11.5 Å². The molecule has 1 unspecified atom stereocenters. The maximum Gasteiger partial charge on any atom is 0.258 e. The molecule has 1 aromatic heterocycles. The molecule has 0 aliphatic carbocycles. The summed E-state index contributed by atoms with van der Waals surface area (Å²) in [5, 5.41) is 7.38. The fourth-order valence-corrected chi connectivity index (χ4v) is 2.25. The van der Waals surface area contributed by atoms with Crippen LogP contribution in [0.1, 0.15) is 24.4 Å². The minimum absolute atomic E-state index is 0.0278. The van der Waals surface area contributed by atoms with Gasteiger partial charge in [0.25, 0.3) is 5.89 Å². The third-order valence-corrected chi connectivity index (χ3v) is 3.30. The summed E-state index contributed by atoms with van der Waals surface area (Å²) < 4.78 is 10.8. The van der Waals surface area contributed by atoms with Crippen LogP contribution in [0.2, 0.25) is 0 Å². The van der Waals surface area contributed by atoms with Crippen molar-refractivity contribution in [1.82, 2.24) is 15.5 Å². The van der Waals surface area contributed by atoms with Gasteiger partial charge in [-0.25, -0.2) is 0 Å². The maximum atomic E-state index is 5.41. The molecule has 0 bridgehead atoms. The molecule has 1 saturated heterocycles. The molecular formula is C14H17N3O2. The van der Waals surface area contributed by atoms with Gasteiger partial charge in [-0.1, -0.05) is 30.3 Å². The lowest BCUT2D eigenvalue weighted by Crippen LogP contribution is -2.35. The predicted molar refractivity (Wildman–Crippen MR) is 70.7 cm³/mol. The van der Waals surface area contributed by atoms with Crippen LogP contribution >= 0.6 is 0 Å². The fourth-order valence-electron chi connectivity index (χ4n) is 2.25. The van der Waals surface area contributed by atoms with E-state index in [0.717, 1.165) is 25.1 Å². The van der Waals surface area contributed by atoms with E-state index in [1.54, 1.807) is 0 Å². The molecule has 0 amide bonds. The molecule has 100 valence electrons. The SMILES string of the molecule is CCc1ccccc1-c1nc(C2COCCN2)no1. The number of aryl methyl sites for hydroxylation is 1. The summed E-state index contributed by atoms with van der Waals surface area (Å²) in [5.74, 6) is 1.25. The molecule has 19 heavy (non-hydrogen) atoms. The molecule has 1 aliphatic heterocycles. The number of benzene rings is 1. The van der Waals surface area contributed by atoms with Crippen LogP contribution in [0.25, 0.3) is 11.5 Å². The molecular weight excluding hydrogens is 242 g/mol. The Bertz CT molecular complexity index is 547. The van der Waals surface area contributed by atoms with Crippen LogP contribution in [0.15, 0.2) is 28.8 Å². The first kappa shape index (κ1) is 12.3. The Morgan fingerprint density at radius 3 is 3.05 bits per heavy atom. The number of hydrogen-bond donors (Lipinski definition) is 1. The van der Waals surface area contributed by atoms with E-state index in [9.17, 15) is 0 Å². The number of nitrogens with one attached hydrogen (secondary N) is 1. The minimum atomic E-state index is 0.0278. The normalized spacial score (nSPS) is 19.5. The van der Waals surface area contributed by atoms with Crippen molar-refractivity contribution in [2.45, 2.75) is 19.4 Å². The minimum Gasteiger partial charge on any atom is -0.378 e. The molecule has 5 nitrogen and oxygen atoms in total. The van der Waals surface area contributed by atoms with Gasteiger partial charge in [0.15, 0.2) is 5.82 Å². The molecule has 1 fully saturated rings. The second-order valence-electron chi connectivity index (χ2n) is 4.55. The molecule has 1 atom stereocenters. The van der Waals surface area contributed by atoms with Crippen molar-refractivity contribution in [1.29, 1.82) is 0 Å². The molecule has 0 radical (unpaired) electrons. The van der Waals surface area contributed by atoms with Gasteiger partial charge in [-0.15, -0.1) is 0 Å². The van der Waals surface area contributed by atoms with E-state index >= 15 is 0 Å². The van der Waals surface area contributed by atoms with Gasteiger partial charge >= 0.3 is 0 Å². The number of aromatic nitrogens is 2. The van der Waals surface area contributed by atoms with E-state index in [1.807, 2.05) is 18.2 Å². The molecule has 0 saturated carbocycles. The van der Waals surface area contributed by atoms with Crippen LogP contribution in [0.5, 0.6) is 0 Å². The maximum absolute atomic E-state index is 5.41. The topological polar surface area (TPSA) is 60.2 Å². The number of nitrogens with zero attached hydrogens (tertiary/aromatic N) is 2. The smallest absolute Gasteiger partial charge is 0.258 e. The highest BCUT2D eigenvalue weighted by Crippen LogP contribution is 2.24. The first-order valence-electron chi connectivity index (χ1n) is 6.61. The highest BCUT2D eigenvalue weighted by atomic mass is 16.5. The number of ether oxygens (including phenoxy) is 1. The molecule has 1 aromatic carbocycles. The lowest BCUT2D eigenvalue weighted by Gasteiger charge is -2.20. The molecule has 3 rings (SSSR count). The molecule has 2 heterocycles. The molecule has 1 N–H and O–H groups in total. The van der Waals surface area contributed by atoms with Crippen molar-refractivity contribution in [3.05, 3.63) is 35.7 Å². The monoisotopic (exact) mass is 259 g/mol. The zero-order chi connectivity index (χ0) is 13.1. The average molecular weight is 259 g/mol. The first-order valence-corrected chi connectivity index (χ1v) is 6.61. The largest absolute Gasteiger partial charge is 0.378 e. The van der Waals surface area contributed by atoms with Crippen LogP contribution in [-0.2, 0) is 11.2 Å². The van der Waals surface area contributed by atoms with Gasteiger partial charge in [-0.05, 0) is 18.1 Å². The Morgan fingerprint density at radius 2 is 2.26 bits per heavy atom. The summed E-state index contributed by atoms with van der Waals surface area (Å²) >= 11 is 0. The fraction of sp³-hybridized carbons (Fsp3) is 0.429. The molecule has 2 aromatic rings. The third-order valence-electron chi connectivity index (χ3n) is 3.30. The van der Waals surface area contributed by atoms with Crippen molar-refractivity contribution in [3.63, 3.8) is 0 Å². The van der Waals surface area contributed by atoms with E-state index in [0.29, 0.717) is 18.3 Å². The Hall–Kier alpha value is -1.72. The predicted octanol–water partition coefficient (Wildman–Crippen LogP) is 1.96. The van der Waals surface area contributed by atoms with E-state index in [4.69, 9.17) is 9.26 Å². The number of rotatable bonds is 3. The van der Waals surface area contributed by atoms with E-state index in [-0.39, 0.29) is 6.04 Å². The molecule has 5 heteroatoms. The van der Waals surface area contributed by atoms with E-state index < -0.39 is 0 Å². The van der Waals surface area contributed by atoms with Crippen molar-refractivity contribution in [2.75, 3.05) is 19.8 Å². The third kappa shape index (κ3) is 2.52. The van der Waals surface area contributed by atoms with Gasteiger partial charge in [0.1, 0.15) is 0 Å². The zero-order valence-electron chi connectivity index (χ0n) is 10.9. The van der Waals surface area contributed by atoms with Crippen LogP contribution in [-0.4, -0.2) is 29.9 Å². The van der Waals surface area contributed by atoms with E-state index in [1.165, 1.54) is 5.56 Å². The van der Waals surface area contributed by atoms with Crippen LogP contribution in [0, 0.1) is 0 Å². The number of morpholine rings is 1. The summed E-state index contributed by atoms with van der Waals surface area (Å²) in [4.78, 5) is 4.49. The first-order chi connectivity index (χ1) is 9.38. The van der Waals surface area contributed by atoms with E-state index in [2.05, 4.69) is 28.4 Å². The molecule has 0 spiro atoms. The van der Waals surface area contributed by atoms with Crippen molar-refractivity contribution < 1.29 is 9.26 Å². The van der Waals surface area contributed by atoms with Crippen LogP contribution < -0.4 is 5.32 Å². The van der Waals surface area contributed by atoms with Crippen molar-refractivity contribution >= 4 is 0 Å². The quantitative estimate of drug-likeness (QED) is 0.913. The molecule has 1 aliphatic rings. The van der Waals surface area contributed by atoms with Gasteiger partial charge in [0, 0.05) is 12.1 Å². The van der Waals surface area contributed by atoms with Gasteiger partial charge in [0.05, 0.1) is 19.3 Å². The van der Waals surface area contributed by atoms with Crippen LogP contribution in [0.4, 0.5) is 0 Å². The van der Waals surface area contributed by atoms with Gasteiger partial charge in [-0.3, -0.25) is 0 Å². The Labute approximate surface area is 112 Å². The summed E-state index contributed by atoms with van der Waals surface area (Å²) in [6, 6.07) is 8.14.